The van der Waals surface area contributed by atoms with Gasteiger partial charge in [-0.2, -0.15) is 0 Å². The van der Waals surface area contributed by atoms with Gasteiger partial charge in [0.05, 0.1) is 36.5 Å². The summed E-state index contributed by atoms with van der Waals surface area (Å²) in [5.41, 5.74) is 4.86. The molecule has 1 N–H and O–H groups in total. The Labute approximate surface area is 368 Å². The minimum Gasteiger partial charge on any atom is -0.462 e. The molecule has 3 aliphatic heterocycles. The molecule has 13 nitrogen and oxygen atoms in total. The maximum absolute atomic E-state index is 15.2. The molecule has 13 heteroatoms. The molecule has 6 aliphatic rings. The van der Waals surface area contributed by atoms with E-state index >= 15 is 4.79 Å². The molecule has 4 heterocycles. The minimum atomic E-state index is -0.667. The van der Waals surface area contributed by atoms with Gasteiger partial charge >= 0.3 is 5.97 Å². The van der Waals surface area contributed by atoms with Crippen molar-refractivity contribution < 1.29 is 47.5 Å². The van der Waals surface area contributed by atoms with Gasteiger partial charge in [-0.25, -0.2) is 4.98 Å². The maximum atomic E-state index is 15.2. The van der Waals surface area contributed by atoms with E-state index in [1.807, 2.05) is 13.8 Å². The van der Waals surface area contributed by atoms with Gasteiger partial charge in [-0.05, 0) is 104 Å². The Morgan fingerprint density at radius 1 is 0.855 bits per heavy atom. The molecule has 62 heavy (non-hydrogen) atoms. The third-order valence-corrected chi connectivity index (χ3v) is 15.3. The molecule has 2 aromatic rings. The smallest absolute Gasteiger partial charge is 0.306 e. The van der Waals surface area contributed by atoms with Crippen LogP contribution in [0.2, 0.25) is 0 Å². The van der Waals surface area contributed by atoms with E-state index in [1.54, 1.807) is 21.3 Å². The van der Waals surface area contributed by atoms with E-state index in [0.29, 0.717) is 24.5 Å². The fourth-order valence-corrected chi connectivity index (χ4v) is 12.0. The van der Waals surface area contributed by atoms with E-state index in [9.17, 15) is 4.79 Å². The number of fused-ring (bicyclic) bond motifs is 8. The summed E-state index contributed by atoms with van der Waals surface area (Å²) in [6, 6.07) is 8.70. The molecule has 1 aromatic heterocycles. The van der Waals surface area contributed by atoms with Gasteiger partial charge < -0.3 is 47.8 Å². The average Bonchev–Trinajstić information content (AvgIpc) is 3.97. The number of nitrogens with zero attached hydrogens (tertiary/aromatic N) is 2. The van der Waals surface area contributed by atoms with Crippen molar-refractivity contribution in [1.82, 2.24) is 14.9 Å². The average molecular weight is 862 g/mol. The van der Waals surface area contributed by atoms with Crippen LogP contribution in [0.25, 0.3) is 11.4 Å². The molecule has 0 radical (unpaired) electrons. The van der Waals surface area contributed by atoms with Gasteiger partial charge in [0.2, 0.25) is 0 Å². The number of cyclic esters (lactones) is 1. The number of allylic oxidation sites excluding steroid dienone is 2. The van der Waals surface area contributed by atoms with Crippen LogP contribution in [0.4, 0.5) is 0 Å². The SMILES string of the molecule is CC[C@H]1CCC[C@H](O[C@H]2CC[C@H](N(C)C)[C@@H](C)O2)[C@@H](C)C(=O)C2=C[C@H]3[C@@H]4C[C@H](O[C@@H]5O[C@@H](C)[C@H](OC)[C@@H](OC)[C@H]5OC)C[C@H]4c4[nH]c(-c5ccc(C)cc5)nc4[C@H]3[C@@H]2CC(=O)O1. The standard InChI is InChI=1S/C49H71N3O10/c1-11-30-13-12-14-38(62-40-20-19-37(52(6)7)27(4)58-40)26(3)44(54)36-23-33-32-21-31(61-49-47(57-10)46(56-9)45(55-8)28(5)59-49)22-35(32)42-43(41(33)34(36)24-39(53)60-30)51-48(50-42)29-17-15-25(2)16-18-29/h15-18,23,26-28,30-35,37-38,40-41,45-47,49H,11-14,19-22,24H2,1-10H3,(H,50,51)/t26-,27-,28+,30+,31+,32+,33+,34-,35-,37+,38+,40+,41-,45+,46-,47-,49+/m1/s1. The first-order valence-electron chi connectivity index (χ1n) is 23.3. The summed E-state index contributed by atoms with van der Waals surface area (Å²) in [5.74, 6) is -0.351. The van der Waals surface area contributed by atoms with Gasteiger partial charge in [-0.3, -0.25) is 9.59 Å². The van der Waals surface area contributed by atoms with Gasteiger partial charge in [0.1, 0.15) is 30.2 Å². The molecule has 0 unspecified atom stereocenters. The summed E-state index contributed by atoms with van der Waals surface area (Å²) in [7, 11) is 9.15. The summed E-state index contributed by atoms with van der Waals surface area (Å²) < 4.78 is 50.6. The highest BCUT2D eigenvalue weighted by Crippen LogP contribution is 2.61. The van der Waals surface area contributed by atoms with E-state index in [4.69, 9.17) is 42.9 Å². The van der Waals surface area contributed by atoms with E-state index < -0.39 is 24.2 Å². The summed E-state index contributed by atoms with van der Waals surface area (Å²) in [6.07, 6.45) is 5.15. The van der Waals surface area contributed by atoms with Crippen LogP contribution in [0.1, 0.15) is 114 Å². The van der Waals surface area contributed by atoms with Crippen molar-refractivity contribution in [3.05, 3.63) is 52.9 Å². The molecule has 0 amide bonds. The number of Topliss-reactive ketones (excluding diaryl/α,β-unsaturated/α-hetero) is 1. The number of hydrogen-bond acceptors (Lipinski definition) is 12. The lowest BCUT2D eigenvalue weighted by atomic mass is 9.67. The number of esters is 1. The van der Waals surface area contributed by atoms with Crippen molar-refractivity contribution in [2.24, 2.45) is 23.7 Å². The van der Waals surface area contributed by atoms with E-state index in [-0.39, 0.29) is 90.9 Å². The number of H-pyrrole nitrogens is 1. The van der Waals surface area contributed by atoms with Gasteiger partial charge in [-0.15, -0.1) is 0 Å². The van der Waals surface area contributed by atoms with Crippen LogP contribution in [0.15, 0.2) is 35.9 Å². The zero-order chi connectivity index (χ0) is 44.0. The Hall–Kier alpha value is -3.01. The Morgan fingerprint density at radius 3 is 2.27 bits per heavy atom. The summed E-state index contributed by atoms with van der Waals surface area (Å²) in [6.45, 7) is 10.2. The highest BCUT2D eigenvalue weighted by molar-refractivity contribution is 5.99. The molecular formula is C49H71N3O10. The lowest BCUT2D eigenvalue weighted by Crippen LogP contribution is -2.59. The lowest BCUT2D eigenvalue weighted by Gasteiger charge is -2.44. The number of aromatic amines is 1. The summed E-state index contributed by atoms with van der Waals surface area (Å²) >= 11 is 0. The molecule has 3 aliphatic carbocycles. The fourth-order valence-electron chi connectivity index (χ4n) is 12.0. The molecule has 0 spiro atoms. The van der Waals surface area contributed by atoms with Crippen LogP contribution < -0.4 is 0 Å². The van der Waals surface area contributed by atoms with Crippen molar-refractivity contribution in [2.75, 3.05) is 35.4 Å². The fraction of sp³-hybridized carbons (Fsp3) is 0.735. The minimum absolute atomic E-state index is 0.00656. The molecule has 8 rings (SSSR count). The number of carbonyl (C=O) groups excluding carboxylic acids is 2. The lowest BCUT2D eigenvalue weighted by molar-refractivity contribution is -0.314. The highest BCUT2D eigenvalue weighted by Gasteiger charge is 2.57. The first kappa shape index (κ1) is 45.6. The predicted octanol–water partition coefficient (Wildman–Crippen LogP) is 7.26. The van der Waals surface area contributed by atoms with Crippen molar-refractivity contribution in [3.63, 3.8) is 0 Å². The van der Waals surface area contributed by atoms with Crippen LogP contribution in [-0.4, -0.2) is 129 Å². The van der Waals surface area contributed by atoms with Crippen LogP contribution in [0.5, 0.6) is 0 Å². The van der Waals surface area contributed by atoms with Gasteiger partial charge in [-0.1, -0.05) is 49.8 Å². The number of carbonyl (C=O) groups is 2. The summed E-state index contributed by atoms with van der Waals surface area (Å²) in [5, 5.41) is 0. The third-order valence-electron chi connectivity index (χ3n) is 15.3. The molecule has 0 bridgehead atoms. The number of imidazole rings is 1. The van der Waals surface area contributed by atoms with Gasteiger partial charge in [0.25, 0.3) is 0 Å². The monoisotopic (exact) mass is 862 g/mol. The highest BCUT2D eigenvalue weighted by atomic mass is 16.7. The number of hydrogen-bond donors (Lipinski definition) is 1. The second-order valence-electron chi connectivity index (χ2n) is 19.3. The van der Waals surface area contributed by atoms with Crippen LogP contribution in [0.3, 0.4) is 0 Å². The Balaban J connectivity index is 1.14. The van der Waals surface area contributed by atoms with Crippen molar-refractivity contribution in [2.45, 2.75) is 172 Å². The number of aromatic nitrogens is 2. The Bertz CT molecular complexity index is 1900. The molecule has 4 fully saturated rings. The number of rotatable bonds is 10. The van der Waals surface area contributed by atoms with Crippen LogP contribution in [-0.2, 0) is 47.5 Å². The van der Waals surface area contributed by atoms with E-state index in [1.165, 1.54) is 5.56 Å². The molecule has 3 saturated heterocycles. The van der Waals surface area contributed by atoms with E-state index in [0.717, 1.165) is 61.3 Å². The normalized spacial score (nSPS) is 40.1. The second-order valence-corrected chi connectivity index (χ2v) is 19.3. The zero-order valence-electron chi connectivity index (χ0n) is 38.5. The first-order valence-corrected chi connectivity index (χ1v) is 23.3. The number of aryl methyl sites for hydroxylation is 1. The summed E-state index contributed by atoms with van der Waals surface area (Å²) in [4.78, 5) is 40.7. The number of ether oxygens (including phenoxy) is 8. The molecule has 1 saturated carbocycles. The van der Waals surface area contributed by atoms with Gasteiger partial charge in [0.15, 0.2) is 18.4 Å². The van der Waals surface area contributed by atoms with Crippen molar-refractivity contribution in [1.29, 1.82) is 0 Å². The molecule has 1 aromatic carbocycles. The molecular weight excluding hydrogens is 791 g/mol. The van der Waals surface area contributed by atoms with Crippen molar-refractivity contribution in [3.8, 4) is 11.4 Å². The molecule has 17 atom stereocenters. The number of likely N-dealkylation sites (N-methyl/N-ethyl adjacent to an activating group) is 1. The van der Waals surface area contributed by atoms with Gasteiger partial charge in [0, 0.05) is 62.3 Å². The topological polar surface area (TPSA) is 140 Å². The quantitative estimate of drug-likeness (QED) is 0.241. The van der Waals surface area contributed by atoms with Crippen LogP contribution >= 0.6 is 0 Å². The third kappa shape index (κ3) is 8.86. The second kappa shape index (κ2) is 19.2. The number of nitrogens with one attached hydrogen (secondary N) is 1. The van der Waals surface area contributed by atoms with Crippen molar-refractivity contribution >= 4 is 11.8 Å². The van der Waals surface area contributed by atoms with E-state index in [2.05, 4.69) is 75.1 Å². The Kier molecular flexibility index (Phi) is 14.1. The predicted molar refractivity (Wildman–Crippen MR) is 232 cm³/mol. The Morgan fingerprint density at radius 2 is 1.60 bits per heavy atom. The first-order chi connectivity index (χ1) is 29.8. The number of benzene rings is 1. The van der Waals surface area contributed by atoms with Crippen LogP contribution in [0, 0.1) is 30.6 Å². The number of methoxy groups -OCH3 is 3. The maximum Gasteiger partial charge on any atom is 0.306 e. The number of ketones is 1. The zero-order valence-corrected chi connectivity index (χ0v) is 38.5. The molecule has 342 valence electrons. The largest absolute Gasteiger partial charge is 0.462 e.